The molecule has 0 aliphatic carbocycles. The van der Waals surface area contributed by atoms with Crippen LogP contribution in [0.3, 0.4) is 0 Å². The van der Waals surface area contributed by atoms with E-state index in [1.54, 1.807) is 12.1 Å². The van der Waals surface area contributed by atoms with E-state index in [1.165, 1.54) is 6.07 Å². The minimum absolute atomic E-state index is 0.160. The van der Waals surface area contributed by atoms with Gasteiger partial charge in [-0.1, -0.05) is 43.3 Å². The molecule has 1 heterocycles. The zero-order valence-electron chi connectivity index (χ0n) is 13.1. The summed E-state index contributed by atoms with van der Waals surface area (Å²) in [6, 6.07) is 13.9. The minimum Gasteiger partial charge on any atom is -0.486 e. The standard InChI is InChI=1S/C19H16FNO3/c1-2-13(12-7-4-3-5-8-12)15(20)11-24-16-10-6-9-14-17(16)19(23)21-18(14)22/h3-10H,2,11H2,1H3,(H,21,22,23). The number of ether oxygens (including phenoxy) is 1. The first kappa shape index (κ1) is 15.9. The zero-order valence-corrected chi connectivity index (χ0v) is 13.1. The number of hydrogen-bond acceptors (Lipinski definition) is 3. The molecule has 1 N–H and O–H groups in total. The molecule has 0 spiro atoms. The number of allylic oxidation sites excluding steroid dienone is 1. The summed E-state index contributed by atoms with van der Waals surface area (Å²) in [5.74, 6) is -1.18. The highest BCUT2D eigenvalue weighted by Crippen LogP contribution is 2.28. The van der Waals surface area contributed by atoms with Gasteiger partial charge in [-0.05, 0) is 29.7 Å². The number of fused-ring (bicyclic) bond motifs is 1. The second-order valence-electron chi connectivity index (χ2n) is 5.35. The van der Waals surface area contributed by atoms with Crippen LogP contribution in [0, 0.1) is 0 Å². The number of carbonyl (C=O) groups is 2. The molecular formula is C19H16FNO3. The monoisotopic (exact) mass is 325 g/mol. The molecule has 0 atom stereocenters. The highest BCUT2D eigenvalue weighted by molar-refractivity contribution is 6.22. The molecule has 0 radical (unpaired) electrons. The molecule has 0 bridgehead atoms. The lowest BCUT2D eigenvalue weighted by molar-refractivity contribution is 0.0878. The van der Waals surface area contributed by atoms with Crippen molar-refractivity contribution in [1.29, 1.82) is 0 Å². The van der Waals surface area contributed by atoms with Crippen LogP contribution in [0.25, 0.3) is 5.57 Å². The third kappa shape index (κ3) is 2.93. The molecule has 3 rings (SSSR count). The molecule has 2 aromatic rings. The zero-order chi connectivity index (χ0) is 17.1. The third-order valence-corrected chi connectivity index (χ3v) is 3.88. The first-order valence-corrected chi connectivity index (χ1v) is 7.66. The molecule has 2 amide bonds. The van der Waals surface area contributed by atoms with Gasteiger partial charge in [-0.15, -0.1) is 0 Å². The Bertz CT molecular complexity index is 828. The Morgan fingerprint density at radius 2 is 1.79 bits per heavy atom. The fraction of sp³-hybridized carbons (Fsp3) is 0.158. The van der Waals surface area contributed by atoms with E-state index in [0.717, 1.165) is 5.56 Å². The second-order valence-corrected chi connectivity index (χ2v) is 5.35. The maximum absolute atomic E-state index is 14.6. The fourth-order valence-corrected chi connectivity index (χ4v) is 2.73. The van der Waals surface area contributed by atoms with E-state index >= 15 is 0 Å². The van der Waals surface area contributed by atoms with Crippen molar-refractivity contribution >= 4 is 17.4 Å². The van der Waals surface area contributed by atoms with Crippen LogP contribution in [0.1, 0.15) is 39.6 Å². The van der Waals surface area contributed by atoms with Crippen LogP contribution in [0.15, 0.2) is 54.4 Å². The van der Waals surface area contributed by atoms with Gasteiger partial charge in [-0.25, -0.2) is 4.39 Å². The highest BCUT2D eigenvalue weighted by Gasteiger charge is 2.30. The topological polar surface area (TPSA) is 55.4 Å². The summed E-state index contributed by atoms with van der Waals surface area (Å²) in [5, 5.41) is 2.21. The van der Waals surface area contributed by atoms with Crippen LogP contribution in [0.2, 0.25) is 0 Å². The molecule has 1 aliphatic rings. The van der Waals surface area contributed by atoms with Crippen LogP contribution in [-0.2, 0) is 0 Å². The van der Waals surface area contributed by atoms with Gasteiger partial charge in [0, 0.05) is 0 Å². The summed E-state index contributed by atoms with van der Waals surface area (Å²) in [5.41, 5.74) is 1.77. The predicted molar refractivity (Wildman–Crippen MR) is 88.5 cm³/mol. The quantitative estimate of drug-likeness (QED) is 0.852. The smallest absolute Gasteiger partial charge is 0.262 e. The lowest BCUT2D eigenvalue weighted by Crippen LogP contribution is -2.20. The van der Waals surface area contributed by atoms with Gasteiger partial charge >= 0.3 is 0 Å². The van der Waals surface area contributed by atoms with Crippen molar-refractivity contribution in [3.05, 3.63) is 71.0 Å². The molecule has 2 aromatic carbocycles. The second kappa shape index (κ2) is 6.66. The van der Waals surface area contributed by atoms with Crippen LogP contribution >= 0.6 is 0 Å². The normalized spacial score (nSPS) is 14.1. The van der Waals surface area contributed by atoms with Crippen molar-refractivity contribution in [2.45, 2.75) is 13.3 Å². The number of rotatable bonds is 5. The number of halogens is 1. The number of carbonyl (C=O) groups excluding carboxylic acids is 2. The summed E-state index contributed by atoms with van der Waals surface area (Å²) in [6.07, 6.45) is 0.519. The number of imide groups is 1. The minimum atomic E-state index is -0.520. The maximum atomic E-state index is 14.6. The maximum Gasteiger partial charge on any atom is 0.262 e. The molecule has 4 nitrogen and oxygen atoms in total. The number of nitrogens with one attached hydrogen (secondary N) is 1. The van der Waals surface area contributed by atoms with Gasteiger partial charge in [-0.2, -0.15) is 0 Å². The van der Waals surface area contributed by atoms with E-state index in [9.17, 15) is 14.0 Å². The molecular weight excluding hydrogens is 309 g/mol. The summed E-state index contributed by atoms with van der Waals surface area (Å²) < 4.78 is 20.0. The van der Waals surface area contributed by atoms with Crippen molar-refractivity contribution in [3.63, 3.8) is 0 Å². The lowest BCUT2D eigenvalue weighted by atomic mass is 10.0. The largest absolute Gasteiger partial charge is 0.486 e. The fourth-order valence-electron chi connectivity index (χ4n) is 2.73. The van der Waals surface area contributed by atoms with Gasteiger partial charge < -0.3 is 4.74 Å². The van der Waals surface area contributed by atoms with Crippen molar-refractivity contribution in [2.75, 3.05) is 6.61 Å². The van der Waals surface area contributed by atoms with Crippen molar-refractivity contribution in [2.24, 2.45) is 0 Å². The highest BCUT2D eigenvalue weighted by atomic mass is 19.1. The van der Waals surface area contributed by atoms with E-state index in [4.69, 9.17) is 4.74 Å². The van der Waals surface area contributed by atoms with E-state index in [1.807, 2.05) is 37.3 Å². The Balaban J connectivity index is 1.85. The molecule has 0 aromatic heterocycles. The molecule has 0 saturated carbocycles. The molecule has 0 unspecified atom stereocenters. The molecule has 0 fully saturated rings. The van der Waals surface area contributed by atoms with E-state index in [-0.39, 0.29) is 23.5 Å². The van der Waals surface area contributed by atoms with Crippen molar-refractivity contribution in [3.8, 4) is 5.75 Å². The third-order valence-electron chi connectivity index (χ3n) is 3.88. The number of benzene rings is 2. The Hall–Kier alpha value is -2.95. The van der Waals surface area contributed by atoms with Gasteiger partial charge in [0.05, 0.1) is 11.1 Å². The van der Waals surface area contributed by atoms with Crippen LogP contribution < -0.4 is 10.1 Å². The van der Waals surface area contributed by atoms with Crippen molar-refractivity contribution in [1.82, 2.24) is 5.32 Å². The molecule has 1 aliphatic heterocycles. The van der Waals surface area contributed by atoms with Crippen molar-refractivity contribution < 1.29 is 18.7 Å². The number of amides is 2. The average molecular weight is 325 g/mol. The van der Waals surface area contributed by atoms with Gasteiger partial charge in [-0.3, -0.25) is 14.9 Å². The summed E-state index contributed by atoms with van der Waals surface area (Å²) >= 11 is 0. The Morgan fingerprint density at radius 1 is 1.04 bits per heavy atom. The Kier molecular flexibility index (Phi) is 4.42. The van der Waals surface area contributed by atoms with Gasteiger partial charge in [0.15, 0.2) is 0 Å². The van der Waals surface area contributed by atoms with Crippen LogP contribution in [0.5, 0.6) is 5.75 Å². The average Bonchev–Trinajstić information content (AvgIpc) is 2.90. The molecule has 24 heavy (non-hydrogen) atoms. The summed E-state index contributed by atoms with van der Waals surface area (Å²) in [4.78, 5) is 23.5. The Labute approximate surface area is 138 Å². The molecule has 0 saturated heterocycles. The van der Waals surface area contributed by atoms with E-state index < -0.39 is 17.6 Å². The first-order valence-electron chi connectivity index (χ1n) is 7.66. The molecule has 5 heteroatoms. The van der Waals surface area contributed by atoms with Gasteiger partial charge in [0.25, 0.3) is 11.8 Å². The van der Waals surface area contributed by atoms with Crippen LogP contribution in [-0.4, -0.2) is 18.4 Å². The van der Waals surface area contributed by atoms with Crippen LogP contribution in [0.4, 0.5) is 4.39 Å². The molecule has 122 valence electrons. The summed E-state index contributed by atoms with van der Waals surface area (Å²) in [6.45, 7) is 1.57. The Morgan fingerprint density at radius 3 is 2.50 bits per heavy atom. The predicted octanol–water partition coefficient (Wildman–Crippen LogP) is 3.74. The first-order chi connectivity index (χ1) is 11.6. The van der Waals surface area contributed by atoms with E-state index in [2.05, 4.69) is 5.32 Å². The SMILES string of the molecule is CCC(=C(F)COc1cccc2c1C(=O)NC2=O)c1ccccc1. The van der Waals surface area contributed by atoms with Gasteiger partial charge in [0.2, 0.25) is 0 Å². The van der Waals surface area contributed by atoms with E-state index in [0.29, 0.717) is 12.0 Å². The van der Waals surface area contributed by atoms with Gasteiger partial charge in [0.1, 0.15) is 18.2 Å². The lowest BCUT2D eigenvalue weighted by Gasteiger charge is -2.11. The summed E-state index contributed by atoms with van der Waals surface area (Å²) in [7, 11) is 0. The number of hydrogen-bond donors (Lipinski definition) is 1.